The van der Waals surface area contributed by atoms with Crippen molar-refractivity contribution in [1.82, 2.24) is 4.90 Å². The van der Waals surface area contributed by atoms with Gasteiger partial charge in [0.2, 0.25) is 0 Å². The Morgan fingerprint density at radius 2 is 1.87 bits per heavy atom. The fourth-order valence-electron chi connectivity index (χ4n) is 4.29. The topological polar surface area (TPSA) is 40.6 Å². The molecule has 1 atom stereocenters. The molecule has 2 aliphatic heterocycles. The van der Waals surface area contributed by atoms with E-state index in [4.69, 9.17) is 23.2 Å². The van der Waals surface area contributed by atoms with Crippen LogP contribution in [0.15, 0.2) is 41.3 Å². The molecule has 1 saturated heterocycles. The molecule has 4 nitrogen and oxygen atoms in total. The van der Waals surface area contributed by atoms with Crippen LogP contribution in [0.3, 0.4) is 0 Å². The highest BCUT2D eigenvalue weighted by Crippen LogP contribution is 2.45. The number of carbonyl (C=O) groups is 2. The Hall–Kier alpha value is -1.95. The molecule has 0 aliphatic carbocycles. The molecule has 2 aromatic rings. The summed E-state index contributed by atoms with van der Waals surface area (Å²) in [5, 5.41) is 0.790. The van der Waals surface area contributed by atoms with Gasteiger partial charge in [0, 0.05) is 28.3 Å². The van der Waals surface area contributed by atoms with Gasteiger partial charge in [-0.1, -0.05) is 48.3 Å². The van der Waals surface area contributed by atoms with Crippen molar-refractivity contribution in [2.45, 2.75) is 45.2 Å². The molecule has 0 spiro atoms. The second-order valence-electron chi connectivity index (χ2n) is 8.77. The first kappa shape index (κ1) is 22.3. The van der Waals surface area contributed by atoms with E-state index in [0.29, 0.717) is 20.9 Å². The molecule has 31 heavy (non-hydrogen) atoms. The van der Waals surface area contributed by atoms with Crippen LogP contribution in [0.25, 0.3) is 6.08 Å². The number of thioether (sulfide) groups is 1. The number of rotatable bonds is 3. The van der Waals surface area contributed by atoms with Gasteiger partial charge in [0.25, 0.3) is 11.1 Å². The lowest BCUT2D eigenvalue weighted by Gasteiger charge is -2.45. The Labute approximate surface area is 197 Å². The third-order valence-electron chi connectivity index (χ3n) is 6.20. The summed E-state index contributed by atoms with van der Waals surface area (Å²) in [5.74, 6) is 0.0379. The summed E-state index contributed by atoms with van der Waals surface area (Å²) < 4.78 is 0. The number of anilines is 1. The van der Waals surface area contributed by atoms with Gasteiger partial charge in [-0.2, -0.15) is 0 Å². The summed E-state index contributed by atoms with van der Waals surface area (Å²) in [7, 11) is 2.08. The van der Waals surface area contributed by atoms with Crippen LogP contribution in [0.2, 0.25) is 10.0 Å². The van der Waals surface area contributed by atoms with Crippen LogP contribution in [-0.4, -0.2) is 28.6 Å². The van der Waals surface area contributed by atoms with Gasteiger partial charge in [-0.25, -0.2) is 0 Å². The Morgan fingerprint density at radius 1 is 1.16 bits per heavy atom. The molecule has 7 heteroatoms. The maximum atomic E-state index is 13.0. The van der Waals surface area contributed by atoms with Crippen LogP contribution >= 0.6 is 35.0 Å². The van der Waals surface area contributed by atoms with Crippen molar-refractivity contribution in [3.63, 3.8) is 0 Å². The first-order valence-corrected chi connectivity index (χ1v) is 11.7. The van der Waals surface area contributed by atoms with Gasteiger partial charge in [0.15, 0.2) is 0 Å². The van der Waals surface area contributed by atoms with Crippen molar-refractivity contribution < 1.29 is 9.59 Å². The quantitative estimate of drug-likeness (QED) is 0.451. The highest BCUT2D eigenvalue weighted by Gasteiger charge is 2.37. The molecule has 4 rings (SSSR count). The normalized spacial score (nSPS) is 21.7. The monoisotopic (exact) mass is 474 g/mol. The van der Waals surface area contributed by atoms with Crippen molar-refractivity contribution >= 4 is 57.9 Å². The van der Waals surface area contributed by atoms with Crippen LogP contribution in [0.1, 0.15) is 49.8 Å². The number of carbonyl (C=O) groups excluding carboxylic acids is 2. The van der Waals surface area contributed by atoms with Crippen LogP contribution < -0.4 is 4.90 Å². The number of nitrogens with zero attached hydrogens (tertiary/aromatic N) is 2. The molecular weight excluding hydrogens is 451 g/mol. The zero-order chi connectivity index (χ0) is 22.5. The van der Waals surface area contributed by atoms with Gasteiger partial charge >= 0.3 is 0 Å². The zero-order valence-electron chi connectivity index (χ0n) is 17.9. The van der Waals surface area contributed by atoms with Crippen molar-refractivity contribution in [2.24, 2.45) is 0 Å². The maximum absolute atomic E-state index is 13.0. The van der Waals surface area contributed by atoms with E-state index in [1.54, 1.807) is 12.1 Å². The summed E-state index contributed by atoms with van der Waals surface area (Å²) in [6.45, 7) is 6.81. The molecule has 2 aliphatic rings. The number of hydrogen-bond donors (Lipinski definition) is 0. The van der Waals surface area contributed by atoms with Gasteiger partial charge in [-0.3, -0.25) is 14.5 Å². The lowest BCUT2D eigenvalue weighted by molar-refractivity contribution is -0.123. The van der Waals surface area contributed by atoms with E-state index in [1.165, 1.54) is 10.5 Å². The number of amides is 2. The highest BCUT2D eigenvalue weighted by atomic mass is 35.5. The second kappa shape index (κ2) is 8.19. The summed E-state index contributed by atoms with van der Waals surface area (Å²) in [4.78, 5) is 29.3. The SMILES string of the molecule is C[C@@H]1CC(C)(C)N(C)c2cc(Cl)c(/C=C3\SC(=O)N(Cc4ccccc4Cl)C3=O)cc21. The predicted octanol–water partition coefficient (Wildman–Crippen LogP) is 6.95. The van der Waals surface area contributed by atoms with Gasteiger partial charge < -0.3 is 4.90 Å². The van der Waals surface area contributed by atoms with Crippen molar-refractivity contribution in [3.05, 3.63) is 68.0 Å². The minimum atomic E-state index is -0.324. The summed E-state index contributed by atoms with van der Waals surface area (Å²) in [5.41, 5.74) is 3.84. The first-order chi connectivity index (χ1) is 14.6. The molecular formula is C24H24Cl2N2O2S. The van der Waals surface area contributed by atoms with Crippen LogP contribution in [0.4, 0.5) is 10.5 Å². The van der Waals surface area contributed by atoms with E-state index >= 15 is 0 Å². The van der Waals surface area contributed by atoms with E-state index in [0.717, 1.165) is 35.0 Å². The van der Waals surface area contributed by atoms with E-state index < -0.39 is 0 Å². The van der Waals surface area contributed by atoms with E-state index in [1.807, 2.05) is 24.3 Å². The van der Waals surface area contributed by atoms with Crippen LogP contribution in [-0.2, 0) is 11.3 Å². The lowest BCUT2D eigenvalue weighted by atomic mass is 9.80. The maximum Gasteiger partial charge on any atom is 0.293 e. The summed E-state index contributed by atoms with van der Waals surface area (Å²) in [6.07, 6.45) is 2.75. The molecule has 162 valence electrons. The molecule has 0 saturated carbocycles. The Bertz CT molecular complexity index is 1110. The molecule has 2 heterocycles. The highest BCUT2D eigenvalue weighted by molar-refractivity contribution is 8.18. The molecule has 1 fully saturated rings. The molecule has 0 N–H and O–H groups in total. The molecule has 0 unspecified atom stereocenters. The molecule has 0 bridgehead atoms. The molecule has 2 aromatic carbocycles. The molecule has 0 radical (unpaired) electrons. The Balaban J connectivity index is 1.65. The van der Waals surface area contributed by atoms with Gasteiger partial charge in [-0.05, 0) is 78.9 Å². The van der Waals surface area contributed by atoms with E-state index in [-0.39, 0.29) is 23.2 Å². The molecule has 2 amide bonds. The summed E-state index contributed by atoms with van der Waals surface area (Å²) in [6, 6.07) is 11.2. The number of halogens is 2. The van der Waals surface area contributed by atoms with Crippen molar-refractivity contribution in [2.75, 3.05) is 11.9 Å². The standard InChI is InChI=1S/C24H24Cl2N2O2S/c1-14-12-24(2,3)27(4)20-11-19(26)16(9-17(14)20)10-21-22(29)28(23(30)31-21)13-15-7-5-6-8-18(15)25/h5-11,14H,12-13H2,1-4H3/b21-10-/t14-/m1/s1. The smallest absolute Gasteiger partial charge is 0.293 e. The van der Waals surface area contributed by atoms with Crippen LogP contribution in [0, 0.1) is 0 Å². The first-order valence-electron chi connectivity index (χ1n) is 10.1. The van der Waals surface area contributed by atoms with Crippen molar-refractivity contribution in [1.29, 1.82) is 0 Å². The molecule has 0 aromatic heterocycles. The van der Waals surface area contributed by atoms with Gasteiger partial charge in [0.1, 0.15) is 0 Å². The third-order valence-corrected chi connectivity index (χ3v) is 7.80. The number of imide groups is 1. The Morgan fingerprint density at radius 3 is 2.58 bits per heavy atom. The summed E-state index contributed by atoms with van der Waals surface area (Å²) >= 11 is 13.8. The zero-order valence-corrected chi connectivity index (χ0v) is 20.2. The van der Waals surface area contributed by atoms with E-state index in [2.05, 4.69) is 38.8 Å². The van der Waals surface area contributed by atoms with Crippen LogP contribution in [0.5, 0.6) is 0 Å². The van der Waals surface area contributed by atoms with E-state index in [9.17, 15) is 9.59 Å². The fraction of sp³-hybridized carbons (Fsp3) is 0.333. The lowest BCUT2D eigenvalue weighted by Crippen LogP contribution is -2.45. The number of benzene rings is 2. The minimum Gasteiger partial charge on any atom is -0.369 e. The largest absolute Gasteiger partial charge is 0.369 e. The predicted molar refractivity (Wildman–Crippen MR) is 130 cm³/mol. The van der Waals surface area contributed by atoms with Gasteiger partial charge in [-0.15, -0.1) is 0 Å². The average molecular weight is 475 g/mol. The minimum absolute atomic E-state index is 0.0403. The van der Waals surface area contributed by atoms with Gasteiger partial charge in [0.05, 0.1) is 11.4 Å². The fourth-order valence-corrected chi connectivity index (χ4v) is 5.53. The third kappa shape index (κ3) is 4.11. The number of fused-ring (bicyclic) bond motifs is 1. The second-order valence-corrected chi connectivity index (χ2v) is 10.6. The van der Waals surface area contributed by atoms with Crippen molar-refractivity contribution in [3.8, 4) is 0 Å². The number of hydrogen-bond acceptors (Lipinski definition) is 4. The average Bonchev–Trinajstić information content (AvgIpc) is 2.96. The Kier molecular flexibility index (Phi) is 5.88.